The van der Waals surface area contributed by atoms with Crippen molar-refractivity contribution in [3.63, 3.8) is 0 Å². The lowest BCUT2D eigenvalue weighted by Crippen LogP contribution is -2.38. The molecular formula is C8H19NO4S. The monoisotopic (exact) mass is 225 g/mol. The van der Waals surface area contributed by atoms with Gasteiger partial charge in [0.15, 0.2) is 9.84 Å². The lowest BCUT2D eigenvalue weighted by Gasteiger charge is -2.14. The minimum absolute atomic E-state index is 0.0609. The van der Waals surface area contributed by atoms with Gasteiger partial charge in [-0.15, -0.1) is 0 Å². The molecule has 6 heteroatoms. The van der Waals surface area contributed by atoms with E-state index >= 15 is 0 Å². The summed E-state index contributed by atoms with van der Waals surface area (Å²) < 4.78 is 32.5. The number of sulfone groups is 1. The minimum Gasteiger partial charge on any atom is -0.384 e. The van der Waals surface area contributed by atoms with Gasteiger partial charge in [-0.25, -0.2) is 8.42 Å². The van der Waals surface area contributed by atoms with Crippen LogP contribution in [0.5, 0.6) is 0 Å². The second kappa shape index (κ2) is 7.17. The van der Waals surface area contributed by atoms with E-state index in [0.717, 1.165) is 0 Å². The molecule has 0 heterocycles. The van der Waals surface area contributed by atoms with Gasteiger partial charge in [0.1, 0.15) is 0 Å². The van der Waals surface area contributed by atoms with Gasteiger partial charge in [0.25, 0.3) is 0 Å². The summed E-state index contributed by atoms with van der Waals surface area (Å²) >= 11 is 0. The summed E-state index contributed by atoms with van der Waals surface area (Å²) in [6, 6.07) is -0.151. The number of hydrogen-bond donors (Lipinski definition) is 1. The Kier molecular flexibility index (Phi) is 7.08. The molecule has 0 aliphatic rings. The first-order valence-corrected chi connectivity index (χ1v) is 6.23. The van der Waals surface area contributed by atoms with Crippen molar-refractivity contribution in [2.45, 2.75) is 6.04 Å². The van der Waals surface area contributed by atoms with Gasteiger partial charge < -0.3 is 14.8 Å². The van der Waals surface area contributed by atoms with Gasteiger partial charge in [0.05, 0.1) is 24.7 Å². The average molecular weight is 225 g/mol. The first kappa shape index (κ1) is 13.8. The third-order valence-electron chi connectivity index (χ3n) is 1.83. The van der Waals surface area contributed by atoms with Crippen LogP contribution in [-0.2, 0) is 19.3 Å². The predicted octanol–water partition coefficient (Wildman–Crippen LogP) is -0.718. The molecule has 0 aliphatic carbocycles. The van der Waals surface area contributed by atoms with Crippen molar-refractivity contribution in [3.8, 4) is 0 Å². The molecule has 0 aliphatic heterocycles. The van der Waals surface area contributed by atoms with Crippen LogP contribution in [0.15, 0.2) is 0 Å². The van der Waals surface area contributed by atoms with Crippen LogP contribution >= 0.6 is 0 Å². The summed E-state index contributed by atoms with van der Waals surface area (Å²) in [6.45, 7) is 0.633. The summed E-state index contributed by atoms with van der Waals surface area (Å²) in [5.41, 5.74) is 0. The summed E-state index contributed by atoms with van der Waals surface area (Å²) in [4.78, 5) is 0. The second-order valence-electron chi connectivity index (χ2n) is 3.05. The number of likely N-dealkylation sites (N-methyl/N-ethyl adjacent to an activating group) is 1. The molecule has 0 radical (unpaired) electrons. The molecule has 86 valence electrons. The quantitative estimate of drug-likeness (QED) is 0.591. The maximum absolute atomic E-state index is 11.5. The Labute approximate surface area is 85.7 Å². The minimum atomic E-state index is -3.04. The smallest absolute Gasteiger partial charge is 0.154 e. The fraction of sp³-hybridized carbons (Fsp3) is 1.00. The highest BCUT2D eigenvalue weighted by Crippen LogP contribution is 1.96. The highest BCUT2D eigenvalue weighted by atomic mass is 32.2. The normalized spacial score (nSPS) is 14.2. The predicted molar refractivity (Wildman–Crippen MR) is 55.3 cm³/mol. The highest BCUT2D eigenvalue weighted by Gasteiger charge is 2.17. The Hall–Kier alpha value is -0.170. The molecule has 0 fully saturated rings. The molecular weight excluding hydrogens is 206 g/mol. The summed E-state index contributed by atoms with van der Waals surface area (Å²) in [7, 11) is 1.71. The zero-order valence-corrected chi connectivity index (χ0v) is 9.76. The Morgan fingerprint density at radius 2 is 1.93 bits per heavy atom. The van der Waals surface area contributed by atoms with Crippen molar-refractivity contribution in [2.75, 3.05) is 46.0 Å². The Morgan fingerprint density at radius 1 is 1.29 bits per heavy atom. The molecule has 0 aromatic carbocycles. The number of methoxy groups -OCH3 is 2. The van der Waals surface area contributed by atoms with Gasteiger partial charge in [0, 0.05) is 20.3 Å². The lowest BCUT2D eigenvalue weighted by atomic mass is 10.4. The van der Waals surface area contributed by atoms with E-state index < -0.39 is 9.84 Å². The van der Waals surface area contributed by atoms with Crippen molar-refractivity contribution in [3.05, 3.63) is 0 Å². The van der Waals surface area contributed by atoms with E-state index in [1.807, 2.05) is 0 Å². The number of nitrogens with one attached hydrogen (secondary N) is 1. The van der Waals surface area contributed by atoms with Crippen LogP contribution in [0.25, 0.3) is 0 Å². The van der Waals surface area contributed by atoms with E-state index in [1.54, 1.807) is 14.2 Å². The lowest BCUT2D eigenvalue weighted by molar-refractivity contribution is 0.176. The molecule has 5 nitrogen and oxygen atoms in total. The van der Waals surface area contributed by atoms with Crippen LogP contribution in [0.3, 0.4) is 0 Å². The van der Waals surface area contributed by atoms with Crippen LogP contribution in [-0.4, -0.2) is 60.4 Å². The zero-order chi connectivity index (χ0) is 11.0. The molecule has 0 saturated heterocycles. The molecule has 0 rings (SSSR count). The first-order valence-electron chi connectivity index (χ1n) is 4.41. The Morgan fingerprint density at radius 3 is 2.36 bits per heavy atom. The van der Waals surface area contributed by atoms with Gasteiger partial charge in [-0.2, -0.15) is 0 Å². The van der Waals surface area contributed by atoms with Crippen LogP contribution in [0.1, 0.15) is 0 Å². The summed E-state index contributed by atoms with van der Waals surface area (Å²) in [5.74, 6) is 0.145. The number of hydrogen-bond acceptors (Lipinski definition) is 5. The van der Waals surface area contributed by atoms with E-state index in [1.165, 1.54) is 7.11 Å². The molecule has 0 aromatic rings. The highest BCUT2D eigenvalue weighted by molar-refractivity contribution is 7.91. The number of ether oxygens (including phenoxy) is 2. The van der Waals surface area contributed by atoms with Crippen LogP contribution < -0.4 is 5.32 Å². The van der Waals surface area contributed by atoms with E-state index in [-0.39, 0.29) is 24.2 Å². The molecule has 0 saturated carbocycles. The van der Waals surface area contributed by atoms with E-state index in [0.29, 0.717) is 6.61 Å². The second-order valence-corrected chi connectivity index (χ2v) is 5.28. The molecule has 1 unspecified atom stereocenters. The molecule has 1 atom stereocenters. The maximum Gasteiger partial charge on any atom is 0.154 e. The number of rotatable bonds is 8. The Balaban J connectivity index is 4.04. The topological polar surface area (TPSA) is 64.6 Å². The standard InChI is InChI=1S/C8H19NO4S/c1-9-8(6-13-3)7-14(10,11)5-4-12-2/h8-9H,4-7H2,1-3H3. The zero-order valence-electron chi connectivity index (χ0n) is 8.95. The molecule has 0 bridgehead atoms. The van der Waals surface area contributed by atoms with Crippen molar-refractivity contribution < 1.29 is 17.9 Å². The van der Waals surface area contributed by atoms with E-state index in [2.05, 4.69) is 5.32 Å². The molecule has 1 N–H and O–H groups in total. The third-order valence-corrected chi connectivity index (χ3v) is 3.53. The van der Waals surface area contributed by atoms with Crippen molar-refractivity contribution in [1.29, 1.82) is 0 Å². The van der Waals surface area contributed by atoms with Crippen molar-refractivity contribution in [1.82, 2.24) is 5.32 Å². The van der Waals surface area contributed by atoms with Gasteiger partial charge in [-0.05, 0) is 7.05 Å². The van der Waals surface area contributed by atoms with Crippen molar-refractivity contribution in [2.24, 2.45) is 0 Å². The van der Waals surface area contributed by atoms with E-state index in [4.69, 9.17) is 9.47 Å². The SMILES string of the molecule is CNC(COC)CS(=O)(=O)CCOC. The fourth-order valence-corrected chi connectivity index (χ4v) is 2.48. The van der Waals surface area contributed by atoms with Gasteiger partial charge in [0.2, 0.25) is 0 Å². The summed E-state index contributed by atoms with van der Waals surface area (Å²) in [5, 5.41) is 2.89. The van der Waals surface area contributed by atoms with Gasteiger partial charge in [-0.3, -0.25) is 0 Å². The Bertz CT molecular complexity index is 227. The largest absolute Gasteiger partial charge is 0.384 e. The van der Waals surface area contributed by atoms with Gasteiger partial charge in [-0.1, -0.05) is 0 Å². The first-order chi connectivity index (χ1) is 6.55. The van der Waals surface area contributed by atoms with Crippen molar-refractivity contribution >= 4 is 9.84 Å². The molecule has 14 heavy (non-hydrogen) atoms. The fourth-order valence-electron chi connectivity index (χ4n) is 1.02. The van der Waals surface area contributed by atoms with Crippen LogP contribution in [0.4, 0.5) is 0 Å². The summed E-state index contributed by atoms with van der Waals surface area (Å²) in [6.07, 6.45) is 0. The molecule has 0 spiro atoms. The average Bonchev–Trinajstić information content (AvgIpc) is 2.14. The van der Waals surface area contributed by atoms with Crippen LogP contribution in [0, 0.1) is 0 Å². The van der Waals surface area contributed by atoms with Crippen LogP contribution in [0.2, 0.25) is 0 Å². The maximum atomic E-state index is 11.5. The molecule has 0 amide bonds. The molecule has 0 aromatic heterocycles. The van der Waals surface area contributed by atoms with Gasteiger partial charge >= 0.3 is 0 Å². The third kappa shape index (κ3) is 6.31. The van der Waals surface area contributed by atoms with E-state index in [9.17, 15) is 8.42 Å².